The quantitative estimate of drug-likeness (QED) is 0.771. The van der Waals surface area contributed by atoms with E-state index in [9.17, 15) is 4.79 Å². The molecule has 0 aromatic heterocycles. The Morgan fingerprint density at radius 2 is 1.69 bits per heavy atom. The monoisotopic (exact) mass is 392 g/mol. The van der Waals surface area contributed by atoms with Gasteiger partial charge in [-0.15, -0.1) is 0 Å². The number of likely N-dealkylation sites (N-methyl/N-ethyl adjacent to an activating group) is 1. The molecule has 5 heteroatoms. The summed E-state index contributed by atoms with van der Waals surface area (Å²) in [7, 11) is 1.89. The first-order chi connectivity index (χ1) is 14.1. The minimum atomic E-state index is -0.309. The van der Waals surface area contributed by atoms with Gasteiger partial charge in [-0.1, -0.05) is 43.2 Å². The number of rotatable bonds is 3. The molecule has 2 aliphatic heterocycles. The van der Waals surface area contributed by atoms with Gasteiger partial charge in [0.05, 0.1) is 24.6 Å². The van der Waals surface area contributed by atoms with Crippen LogP contribution in [0.15, 0.2) is 42.5 Å². The van der Waals surface area contributed by atoms with Crippen molar-refractivity contribution in [1.29, 1.82) is 0 Å². The van der Waals surface area contributed by atoms with E-state index in [0.29, 0.717) is 19.3 Å². The number of hydrogen-bond donors (Lipinski definition) is 0. The normalized spacial score (nSPS) is 23.1. The lowest BCUT2D eigenvalue weighted by molar-refractivity contribution is -0.119. The maximum absolute atomic E-state index is 12.9. The summed E-state index contributed by atoms with van der Waals surface area (Å²) in [6.45, 7) is 3.30. The lowest BCUT2D eigenvalue weighted by Crippen LogP contribution is -2.54. The van der Waals surface area contributed by atoms with E-state index in [0.717, 1.165) is 40.9 Å². The van der Waals surface area contributed by atoms with Crippen LogP contribution >= 0.6 is 0 Å². The van der Waals surface area contributed by atoms with Crippen LogP contribution in [0.5, 0.6) is 0 Å². The Labute approximate surface area is 172 Å². The molecule has 3 aliphatic rings. The van der Waals surface area contributed by atoms with Crippen LogP contribution in [0.2, 0.25) is 0 Å². The van der Waals surface area contributed by atoms with Crippen LogP contribution in [0.25, 0.3) is 11.1 Å². The zero-order valence-electron chi connectivity index (χ0n) is 17.1. The standard InChI is InChI=1S/C24H28N2O3/c1-16-23(27)25(2)21-12-11-17(15-22(21)26(16)18-7-3-4-8-18)19-9-5-6-10-20(19)24-28-13-14-29-24/h5-6,9-12,15-16,18,24H,3-4,7-8,13-14H2,1-2H3/t16-/m1/s1. The molecule has 152 valence electrons. The number of amides is 1. The van der Waals surface area contributed by atoms with Crippen LogP contribution < -0.4 is 9.80 Å². The Morgan fingerprint density at radius 1 is 0.966 bits per heavy atom. The highest BCUT2D eigenvalue weighted by Crippen LogP contribution is 2.43. The summed E-state index contributed by atoms with van der Waals surface area (Å²) in [4.78, 5) is 17.1. The predicted octanol–water partition coefficient (Wildman–Crippen LogP) is 4.51. The number of benzene rings is 2. The van der Waals surface area contributed by atoms with Gasteiger partial charge in [-0.3, -0.25) is 4.79 Å². The minimum absolute atomic E-state index is 0.136. The van der Waals surface area contributed by atoms with Crippen LogP contribution in [0, 0.1) is 0 Å². The van der Waals surface area contributed by atoms with Crippen LogP contribution in [-0.2, 0) is 14.3 Å². The average Bonchev–Trinajstić information content (AvgIpc) is 3.46. The van der Waals surface area contributed by atoms with Crippen LogP contribution in [0.4, 0.5) is 11.4 Å². The zero-order valence-corrected chi connectivity index (χ0v) is 17.1. The lowest BCUT2D eigenvalue weighted by atomic mass is 9.95. The van der Waals surface area contributed by atoms with Crippen molar-refractivity contribution in [3.8, 4) is 11.1 Å². The summed E-state index contributed by atoms with van der Waals surface area (Å²) >= 11 is 0. The maximum atomic E-state index is 12.9. The van der Waals surface area contributed by atoms with Crippen LogP contribution in [0.3, 0.4) is 0 Å². The van der Waals surface area contributed by atoms with Crippen molar-refractivity contribution in [1.82, 2.24) is 0 Å². The second-order valence-electron chi connectivity index (χ2n) is 8.28. The summed E-state index contributed by atoms with van der Waals surface area (Å²) in [6, 6.07) is 15.0. The van der Waals surface area contributed by atoms with Crippen molar-refractivity contribution >= 4 is 17.3 Å². The fraction of sp³-hybridized carbons (Fsp3) is 0.458. The van der Waals surface area contributed by atoms with Gasteiger partial charge in [-0.2, -0.15) is 0 Å². The van der Waals surface area contributed by atoms with Crippen molar-refractivity contribution in [3.05, 3.63) is 48.0 Å². The molecule has 2 fully saturated rings. The molecule has 29 heavy (non-hydrogen) atoms. The predicted molar refractivity (Wildman–Crippen MR) is 114 cm³/mol. The third-order valence-corrected chi connectivity index (χ3v) is 6.59. The third kappa shape index (κ3) is 3.13. The number of hydrogen-bond acceptors (Lipinski definition) is 4. The molecule has 5 rings (SSSR count). The van der Waals surface area contributed by atoms with E-state index < -0.39 is 0 Å². The van der Waals surface area contributed by atoms with Crippen molar-refractivity contribution in [2.24, 2.45) is 0 Å². The van der Waals surface area contributed by atoms with Gasteiger partial charge in [0.2, 0.25) is 5.91 Å². The van der Waals surface area contributed by atoms with Crippen LogP contribution in [0.1, 0.15) is 44.5 Å². The molecule has 2 aromatic carbocycles. The summed E-state index contributed by atoms with van der Waals surface area (Å²) in [5.74, 6) is 0.172. The molecule has 1 aliphatic carbocycles. The van der Waals surface area contributed by atoms with E-state index in [2.05, 4.69) is 41.3 Å². The Kier molecular flexibility index (Phi) is 4.80. The highest BCUT2D eigenvalue weighted by Gasteiger charge is 2.38. The van der Waals surface area contributed by atoms with Gasteiger partial charge < -0.3 is 19.3 Å². The topological polar surface area (TPSA) is 42.0 Å². The lowest BCUT2D eigenvalue weighted by Gasteiger charge is -2.44. The van der Waals surface area contributed by atoms with Crippen molar-refractivity contribution in [2.75, 3.05) is 30.1 Å². The Bertz CT molecular complexity index is 916. The summed E-state index contributed by atoms with van der Waals surface area (Å²) in [5.41, 5.74) is 5.48. The molecule has 1 saturated heterocycles. The van der Waals surface area contributed by atoms with Gasteiger partial charge in [-0.25, -0.2) is 0 Å². The molecule has 0 radical (unpaired) electrons. The molecular formula is C24H28N2O3. The smallest absolute Gasteiger partial charge is 0.249 e. The Hall–Kier alpha value is -2.37. The molecule has 1 atom stereocenters. The van der Waals surface area contributed by atoms with E-state index in [1.54, 1.807) is 0 Å². The number of ether oxygens (including phenoxy) is 2. The Morgan fingerprint density at radius 3 is 2.45 bits per heavy atom. The SMILES string of the molecule is C[C@@H]1C(=O)N(C)c2ccc(-c3ccccc3C3OCCO3)cc2N1C1CCCC1. The molecule has 0 N–H and O–H groups in total. The van der Waals surface area contributed by atoms with E-state index in [4.69, 9.17) is 9.47 Å². The van der Waals surface area contributed by atoms with Crippen molar-refractivity contribution in [3.63, 3.8) is 0 Å². The first-order valence-electron chi connectivity index (χ1n) is 10.7. The van der Waals surface area contributed by atoms with E-state index >= 15 is 0 Å². The highest BCUT2D eigenvalue weighted by atomic mass is 16.7. The molecule has 0 bridgehead atoms. The summed E-state index contributed by atoms with van der Waals surface area (Å²) in [5, 5.41) is 0. The fourth-order valence-corrected chi connectivity index (χ4v) is 5.11. The molecular weight excluding hydrogens is 364 g/mol. The molecule has 2 heterocycles. The van der Waals surface area contributed by atoms with Gasteiger partial charge in [0, 0.05) is 18.7 Å². The second-order valence-corrected chi connectivity index (χ2v) is 8.28. The summed E-state index contributed by atoms with van der Waals surface area (Å²) < 4.78 is 11.6. The third-order valence-electron chi connectivity index (χ3n) is 6.59. The average molecular weight is 392 g/mol. The molecule has 1 amide bonds. The summed E-state index contributed by atoms with van der Waals surface area (Å²) in [6.07, 6.45) is 4.49. The highest BCUT2D eigenvalue weighted by molar-refractivity contribution is 6.05. The largest absolute Gasteiger partial charge is 0.355 e. The number of fused-ring (bicyclic) bond motifs is 1. The van der Waals surface area contributed by atoms with Crippen molar-refractivity contribution in [2.45, 2.75) is 51.0 Å². The second kappa shape index (κ2) is 7.47. The molecule has 1 saturated carbocycles. The molecule has 0 unspecified atom stereocenters. The van der Waals surface area contributed by atoms with Gasteiger partial charge in [0.15, 0.2) is 6.29 Å². The number of carbonyl (C=O) groups excluding carboxylic acids is 1. The first-order valence-corrected chi connectivity index (χ1v) is 10.7. The van der Waals surface area contributed by atoms with E-state index in [-0.39, 0.29) is 18.2 Å². The van der Waals surface area contributed by atoms with E-state index in [1.165, 1.54) is 12.8 Å². The minimum Gasteiger partial charge on any atom is -0.355 e. The van der Waals surface area contributed by atoms with Crippen LogP contribution in [-0.4, -0.2) is 38.3 Å². The van der Waals surface area contributed by atoms with Gasteiger partial charge in [-0.05, 0) is 43.0 Å². The van der Waals surface area contributed by atoms with Gasteiger partial charge >= 0.3 is 0 Å². The molecule has 2 aromatic rings. The van der Waals surface area contributed by atoms with E-state index in [1.807, 2.05) is 24.9 Å². The number of nitrogens with zero attached hydrogens (tertiary/aromatic N) is 2. The molecule has 0 spiro atoms. The number of carbonyl (C=O) groups is 1. The first kappa shape index (κ1) is 18.6. The fourth-order valence-electron chi connectivity index (χ4n) is 5.11. The number of anilines is 2. The molecule has 5 nitrogen and oxygen atoms in total. The van der Waals surface area contributed by atoms with Crippen molar-refractivity contribution < 1.29 is 14.3 Å². The Balaban J connectivity index is 1.61. The van der Waals surface area contributed by atoms with Gasteiger partial charge in [0.25, 0.3) is 0 Å². The zero-order chi connectivity index (χ0) is 20.0. The van der Waals surface area contributed by atoms with Gasteiger partial charge in [0.1, 0.15) is 6.04 Å². The maximum Gasteiger partial charge on any atom is 0.249 e.